The number of halogens is 1. The molecule has 6 rings (SSSR count). The summed E-state index contributed by atoms with van der Waals surface area (Å²) in [5.74, 6) is -1.94. The number of carboxylic acid groups (broad SMARTS) is 1. The van der Waals surface area contributed by atoms with Crippen molar-refractivity contribution >= 4 is 38.7 Å². The van der Waals surface area contributed by atoms with Gasteiger partial charge in [0.15, 0.2) is 0 Å². The summed E-state index contributed by atoms with van der Waals surface area (Å²) >= 11 is 0. The first-order valence-corrected chi connectivity index (χ1v) is 10.5. The zero-order valence-electron chi connectivity index (χ0n) is 17.8. The molecule has 0 unspecified atom stereocenters. The van der Waals surface area contributed by atoms with Crippen molar-refractivity contribution in [1.29, 1.82) is 0 Å². The summed E-state index contributed by atoms with van der Waals surface area (Å²) in [6, 6.07) is 10.8. The van der Waals surface area contributed by atoms with Crippen LogP contribution in [0, 0.1) is 5.82 Å². The molecule has 4 aromatic heterocycles. The van der Waals surface area contributed by atoms with Gasteiger partial charge in [-0.3, -0.25) is 9.59 Å². The molecule has 0 bridgehead atoms. The summed E-state index contributed by atoms with van der Waals surface area (Å²) < 4.78 is 22.0. The highest BCUT2D eigenvalue weighted by Gasteiger charge is 2.29. The molecular formula is C25H15FN4O5. The number of furan rings is 1. The molecule has 0 radical (unpaired) electrons. The molecule has 3 N–H and O–H groups in total. The number of fused-ring (bicyclic) bond motifs is 4. The molecule has 0 spiro atoms. The standard InChI is InChI=1S/C25H15FN4O5/c26-15-9-17-20(22-13(15)6-8-35-22)19(14-4-2-7-27-23(14)31)21(25(33)34)30(17)10-12-3-1-5-16-18(12)24(32)29-11-28-16/h1-9,11H,10H2,(H,27,31)(H,33,34)(H,28,29,32). The Morgan fingerprint density at radius 2 is 1.94 bits per heavy atom. The molecule has 6 aromatic rings. The number of carbonyl (C=O) groups is 1. The number of pyridine rings is 1. The number of rotatable bonds is 4. The van der Waals surface area contributed by atoms with Crippen molar-refractivity contribution in [3.05, 3.63) is 99.0 Å². The molecule has 0 saturated heterocycles. The molecule has 0 amide bonds. The van der Waals surface area contributed by atoms with Gasteiger partial charge in [0.25, 0.3) is 11.1 Å². The van der Waals surface area contributed by atoms with Crippen LogP contribution in [0.3, 0.4) is 0 Å². The van der Waals surface area contributed by atoms with Gasteiger partial charge in [0.1, 0.15) is 17.1 Å². The van der Waals surface area contributed by atoms with Gasteiger partial charge in [0.05, 0.1) is 45.3 Å². The number of nitrogens with one attached hydrogen (secondary N) is 2. The summed E-state index contributed by atoms with van der Waals surface area (Å²) in [5, 5.41) is 11.0. The highest BCUT2D eigenvalue weighted by molar-refractivity contribution is 6.17. The molecule has 2 aromatic carbocycles. The molecule has 9 nitrogen and oxygen atoms in total. The number of hydrogen-bond donors (Lipinski definition) is 3. The predicted molar refractivity (Wildman–Crippen MR) is 126 cm³/mol. The first-order valence-electron chi connectivity index (χ1n) is 10.5. The summed E-state index contributed by atoms with van der Waals surface area (Å²) in [4.78, 5) is 47.2. The van der Waals surface area contributed by atoms with Crippen LogP contribution in [0.1, 0.15) is 16.1 Å². The SMILES string of the molecule is O=C(O)c1c(-c2ccc[nH]c2=O)c2c3occc3c(F)cc2n1Cc1cccc2nc[nH]c(=O)c12. The predicted octanol–water partition coefficient (Wildman–Crippen LogP) is 3.86. The van der Waals surface area contributed by atoms with Gasteiger partial charge in [-0.2, -0.15) is 0 Å². The normalized spacial score (nSPS) is 11.6. The minimum absolute atomic E-state index is 0.0930. The maximum Gasteiger partial charge on any atom is 0.353 e. The number of aromatic amines is 2. The van der Waals surface area contributed by atoms with E-state index in [0.717, 1.165) is 0 Å². The lowest BCUT2D eigenvalue weighted by molar-refractivity contribution is 0.0687. The van der Waals surface area contributed by atoms with Crippen LogP contribution in [-0.2, 0) is 6.54 Å². The van der Waals surface area contributed by atoms with E-state index >= 15 is 4.39 Å². The Bertz CT molecular complexity index is 1920. The summed E-state index contributed by atoms with van der Waals surface area (Å²) in [7, 11) is 0. The molecule has 172 valence electrons. The second kappa shape index (κ2) is 7.52. The molecule has 0 atom stereocenters. The average molecular weight is 470 g/mol. The molecule has 0 aliphatic carbocycles. The van der Waals surface area contributed by atoms with E-state index in [4.69, 9.17) is 4.42 Å². The minimum atomic E-state index is -1.33. The molecule has 0 saturated carbocycles. The molecule has 35 heavy (non-hydrogen) atoms. The van der Waals surface area contributed by atoms with Crippen molar-refractivity contribution in [2.24, 2.45) is 0 Å². The number of hydrogen-bond acceptors (Lipinski definition) is 5. The Labute approximate surface area is 194 Å². The van der Waals surface area contributed by atoms with Crippen LogP contribution in [0.25, 0.3) is 43.9 Å². The van der Waals surface area contributed by atoms with Gasteiger partial charge in [-0.1, -0.05) is 12.1 Å². The van der Waals surface area contributed by atoms with Gasteiger partial charge in [-0.25, -0.2) is 14.2 Å². The smallest absolute Gasteiger partial charge is 0.353 e. The molecule has 10 heteroatoms. The minimum Gasteiger partial charge on any atom is -0.477 e. The molecule has 0 aliphatic heterocycles. The fourth-order valence-corrected chi connectivity index (χ4v) is 4.66. The van der Waals surface area contributed by atoms with Crippen molar-refractivity contribution < 1.29 is 18.7 Å². The van der Waals surface area contributed by atoms with Gasteiger partial charge in [-0.05, 0) is 35.9 Å². The number of carboxylic acids is 1. The van der Waals surface area contributed by atoms with Crippen LogP contribution in [0.15, 0.2) is 75.3 Å². The van der Waals surface area contributed by atoms with Crippen molar-refractivity contribution in [3.63, 3.8) is 0 Å². The van der Waals surface area contributed by atoms with Crippen LogP contribution in [0.4, 0.5) is 4.39 Å². The maximum absolute atomic E-state index is 15.1. The van der Waals surface area contributed by atoms with Crippen molar-refractivity contribution in [2.75, 3.05) is 0 Å². The highest BCUT2D eigenvalue weighted by atomic mass is 19.1. The molecule has 0 fully saturated rings. The van der Waals surface area contributed by atoms with Crippen molar-refractivity contribution in [3.8, 4) is 11.1 Å². The van der Waals surface area contributed by atoms with E-state index in [0.29, 0.717) is 11.1 Å². The first-order chi connectivity index (χ1) is 17.0. The van der Waals surface area contributed by atoms with E-state index in [9.17, 15) is 19.5 Å². The zero-order chi connectivity index (χ0) is 24.3. The van der Waals surface area contributed by atoms with E-state index in [-0.39, 0.29) is 50.6 Å². The lowest BCUT2D eigenvalue weighted by atomic mass is 10.0. The van der Waals surface area contributed by atoms with Gasteiger partial charge in [0.2, 0.25) is 0 Å². The molecular weight excluding hydrogens is 455 g/mol. The van der Waals surface area contributed by atoms with Crippen LogP contribution in [0.2, 0.25) is 0 Å². The van der Waals surface area contributed by atoms with Crippen molar-refractivity contribution in [2.45, 2.75) is 6.54 Å². The fraction of sp³-hybridized carbons (Fsp3) is 0.0400. The Balaban J connectivity index is 1.78. The Kier molecular flexibility index (Phi) is 4.43. The Morgan fingerprint density at radius 3 is 2.74 bits per heavy atom. The Morgan fingerprint density at radius 1 is 1.09 bits per heavy atom. The fourth-order valence-electron chi connectivity index (χ4n) is 4.66. The summed E-state index contributed by atoms with van der Waals surface area (Å²) in [6.07, 6.45) is 4.02. The second-order valence-corrected chi connectivity index (χ2v) is 7.99. The van der Waals surface area contributed by atoms with Crippen LogP contribution < -0.4 is 11.1 Å². The molecule has 0 aliphatic rings. The van der Waals surface area contributed by atoms with Crippen LogP contribution in [0.5, 0.6) is 0 Å². The van der Waals surface area contributed by atoms with Crippen LogP contribution >= 0.6 is 0 Å². The number of aromatic carboxylic acids is 1. The van der Waals surface area contributed by atoms with Gasteiger partial charge in [0, 0.05) is 18.3 Å². The number of nitrogens with zero attached hydrogens (tertiary/aromatic N) is 2. The van der Waals surface area contributed by atoms with E-state index in [2.05, 4.69) is 15.0 Å². The first kappa shape index (κ1) is 20.6. The Hall–Kier alpha value is -4.99. The average Bonchev–Trinajstić information content (AvgIpc) is 3.44. The molecule has 4 heterocycles. The summed E-state index contributed by atoms with van der Waals surface area (Å²) in [6.45, 7) is -0.0966. The third-order valence-corrected chi connectivity index (χ3v) is 6.09. The second-order valence-electron chi connectivity index (χ2n) is 7.99. The van der Waals surface area contributed by atoms with E-state index in [1.54, 1.807) is 24.3 Å². The maximum atomic E-state index is 15.1. The number of benzene rings is 2. The third-order valence-electron chi connectivity index (χ3n) is 6.09. The van der Waals surface area contributed by atoms with E-state index in [1.165, 1.54) is 41.6 Å². The number of H-pyrrole nitrogens is 2. The number of aromatic nitrogens is 4. The third kappa shape index (κ3) is 3.00. The van der Waals surface area contributed by atoms with Gasteiger partial charge in [-0.15, -0.1) is 0 Å². The lowest BCUT2D eigenvalue weighted by Crippen LogP contribution is -2.15. The van der Waals surface area contributed by atoms with Crippen LogP contribution in [-0.4, -0.2) is 30.6 Å². The van der Waals surface area contributed by atoms with Crippen molar-refractivity contribution in [1.82, 2.24) is 19.5 Å². The topological polar surface area (TPSA) is 134 Å². The van der Waals surface area contributed by atoms with Gasteiger partial charge >= 0.3 is 5.97 Å². The van der Waals surface area contributed by atoms with E-state index < -0.39 is 22.9 Å². The highest BCUT2D eigenvalue weighted by Crippen LogP contribution is 2.40. The van der Waals surface area contributed by atoms with E-state index in [1.807, 2.05) is 0 Å². The summed E-state index contributed by atoms with van der Waals surface area (Å²) in [5.41, 5.74) is 0.287. The van der Waals surface area contributed by atoms with Gasteiger partial charge < -0.3 is 24.1 Å². The quantitative estimate of drug-likeness (QED) is 0.358. The zero-order valence-corrected chi connectivity index (χ0v) is 17.8. The lowest BCUT2D eigenvalue weighted by Gasteiger charge is -2.11. The monoisotopic (exact) mass is 470 g/mol. The largest absolute Gasteiger partial charge is 0.477 e.